The van der Waals surface area contributed by atoms with E-state index < -0.39 is 10.0 Å². The van der Waals surface area contributed by atoms with Gasteiger partial charge < -0.3 is 0 Å². The normalized spacial score (nSPS) is 12.2. The van der Waals surface area contributed by atoms with Gasteiger partial charge in [0.1, 0.15) is 0 Å². The third-order valence-corrected chi connectivity index (χ3v) is 5.73. The molecule has 0 amide bonds. The summed E-state index contributed by atoms with van der Waals surface area (Å²) in [5, 5.41) is 0. The molecular formula is C21H23NS. The number of rotatable bonds is 3. The van der Waals surface area contributed by atoms with Crippen molar-refractivity contribution in [2.75, 3.05) is 18.8 Å². The van der Waals surface area contributed by atoms with E-state index in [0.717, 1.165) is 5.69 Å². The molecule has 1 aromatic heterocycles. The predicted molar refractivity (Wildman–Crippen MR) is 103 cm³/mol. The molecule has 0 fully saturated rings. The van der Waals surface area contributed by atoms with Crippen LogP contribution in [0.4, 0.5) is 0 Å². The van der Waals surface area contributed by atoms with E-state index in [1.54, 1.807) is 0 Å². The molecule has 3 rings (SSSR count). The van der Waals surface area contributed by atoms with Crippen LogP contribution in [-0.4, -0.2) is 23.8 Å². The molecule has 1 heterocycles. The quantitative estimate of drug-likeness (QED) is 0.596. The zero-order valence-corrected chi connectivity index (χ0v) is 15.0. The summed E-state index contributed by atoms with van der Waals surface area (Å²) in [6.45, 7) is 2.19. The molecule has 0 aliphatic heterocycles. The lowest BCUT2D eigenvalue weighted by Gasteiger charge is -2.27. The highest BCUT2D eigenvalue weighted by Crippen LogP contribution is 2.46. The second-order valence-electron chi connectivity index (χ2n) is 6.62. The van der Waals surface area contributed by atoms with Crippen molar-refractivity contribution in [1.82, 2.24) is 4.98 Å². The highest BCUT2D eigenvalue weighted by molar-refractivity contribution is 8.32. The lowest BCUT2D eigenvalue weighted by molar-refractivity contribution is 1.17. The van der Waals surface area contributed by atoms with Gasteiger partial charge in [-0.3, -0.25) is 4.98 Å². The van der Waals surface area contributed by atoms with E-state index >= 15 is 0 Å². The summed E-state index contributed by atoms with van der Waals surface area (Å²) in [5.74, 6) is 0. The molecule has 0 radical (unpaired) electrons. The molecule has 0 saturated carbocycles. The van der Waals surface area contributed by atoms with Crippen LogP contribution in [0.2, 0.25) is 0 Å². The SMILES string of the molecule is Cc1cc(-c2cccc(-c3ccccc3)c2)ncc1S(C)(C)C. The Morgan fingerprint density at radius 1 is 0.739 bits per heavy atom. The second kappa shape index (κ2) is 6.21. The Morgan fingerprint density at radius 3 is 2.04 bits per heavy atom. The van der Waals surface area contributed by atoms with Gasteiger partial charge in [0.15, 0.2) is 0 Å². The predicted octanol–water partition coefficient (Wildman–Crippen LogP) is 5.78. The largest absolute Gasteiger partial charge is 0.255 e. The Morgan fingerprint density at radius 2 is 1.39 bits per heavy atom. The van der Waals surface area contributed by atoms with Crippen molar-refractivity contribution >= 4 is 10.0 Å². The maximum absolute atomic E-state index is 4.73. The number of aryl methyl sites for hydroxylation is 1. The summed E-state index contributed by atoms with van der Waals surface area (Å²) >= 11 is 0. The van der Waals surface area contributed by atoms with E-state index in [0.29, 0.717) is 0 Å². The minimum absolute atomic E-state index is 0.746. The summed E-state index contributed by atoms with van der Waals surface area (Å²) in [5.41, 5.74) is 6.02. The van der Waals surface area contributed by atoms with Gasteiger partial charge >= 0.3 is 0 Å². The fourth-order valence-corrected chi connectivity index (χ4v) is 4.22. The van der Waals surface area contributed by atoms with Crippen molar-refractivity contribution in [3.63, 3.8) is 0 Å². The lowest BCUT2D eigenvalue weighted by atomic mass is 10.0. The van der Waals surface area contributed by atoms with E-state index in [2.05, 4.69) is 86.5 Å². The molecule has 0 spiro atoms. The Labute approximate surface area is 140 Å². The van der Waals surface area contributed by atoms with Gasteiger partial charge in [0.2, 0.25) is 0 Å². The average Bonchev–Trinajstić information content (AvgIpc) is 2.54. The molecule has 118 valence electrons. The number of benzene rings is 2. The van der Waals surface area contributed by atoms with Crippen LogP contribution >= 0.6 is 10.0 Å². The summed E-state index contributed by atoms with van der Waals surface area (Å²) in [4.78, 5) is 6.12. The third-order valence-electron chi connectivity index (χ3n) is 3.99. The fourth-order valence-electron chi connectivity index (χ4n) is 2.83. The molecule has 23 heavy (non-hydrogen) atoms. The standard InChI is InChI=1S/C21H23NS/c1-16-13-20(22-15-21(16)23(2,3)4)19-12-8-11-18(14-19)17-9-6-5-7-10-17/h5-15H,1-4H3. The van der Waals surface area contributed by atoms with Crippen LogP contribution in [-0.2, 0) is 0 Å². The molecule has 2 heteroatoms. The zero-order chi connectivity index (χ0) is 16.4. The first-order valence-corrected chi connectivity index (χ1v) is 10.6. The van der Waals surface area contributed by atoms with E-state index in [-0.39, 0.29) is 0 Å². The smallest absolute Gasteiger partial charge is 0.0705 e. The van der Waals surface area contributed by atoms with Crippen molar-refractivity contribution in [3.05, 3.63) is 72.4 Å². The lowest BCUT2D eigenvalue weighted by Crippen LogP contribution is -1.98. The van der Waals surface area contributed by atoms with Crippen LogP contribution in [0.5, 0.6) is 0 Å². The Kier molecular flexibility index (Phi) is 4.27. The van der Waals surface area contributed by atoms with Gasteiger partial charge in [0.05, 0.1) is 5.69 Å². The van der Waals surface area contributed by atoms with E-state index in [9.17, 15) is 0 Å². The van der Waals surface area contributed by atoms with Crippen molar-refractivity contribution in [2.45, 2.75) is 11.8 Å². The van der Waals surface area contributed by atoms with Crippen LogP contribution in [0.25, 0.3) is 22.4 Å². The van der Waals surface area contributed by atoms with Gasteiger partial charge in [-0.15, -0.1) is 0 Å². The molecule has 0 aliphatic rings. The number of nitrogens with zero attached hydrogens (tertiary/aromatic N) is 1. The van der Waals surface area contributed by atoms with Gasteiger partial charge in [0.25, 0.3) is 0 Å². The van der Waals surface area contributed by atoms with Gasteiger partial charge in [-0.05, 0) is 54.5 Å². The third kappa shape index (κ3) is 3.48. The molecule has 0 atom stereocenters. The van der Waals surface area contributed by atoms with E-state index in [1.807, 2.05) is 6.07 Å². The van der Waals surface area contributed by atoms with Gasteiger partial charge in [-0.2, -0.15) is 0 Å². The number of hydrogen-bond donors (Lipinski definition) is 0. The van der Waals surface area contributed by atoms with Crippen molar-refractivity contribution in [3.8, 4) is 22.4 Å². The van der Waals surface area contributed by atoms with Crippen molar-refractivity contribution in [1.29, 1.82) is 0 Å². The maximum atomic E-state index is 4.73. The number of pyridine rings is 1. The van der Waals surface area contributed by atoms with Crippen LogP contribution in [0.15, 0.2) is 71.8 Å². The molecule has 0 unspecified atom stereocenters. The summed E-state index contributed by atoms with van der Waals surface area (Å²) in [7, 11) is -0.746. The number of hydrogen-bond acceptors (Lipinski definition) is 1. The topological polar surface area (TPSA) is 12.9 Å². The van der Waals surface area contributed by atoms with Crippen LogP contribution < -0.4 is 0 Å². The molecule has 1 nitrogen and oxygen atoms in total. The highest BCUT2D eigenvalue weighted by atomic mass is 32.3. The Balaban J connectivity index is 2.02. The Hall–Kier alpha value is -2.06. The monoisotopic (exact) mass is 321 g/mol. The van der Waals surface area contributed by atoms with Gasteiger partial charge in [-0.1, -0.05) is 48.5 Å². The molecule has 0 aliphatic carbocycles. The van der Waals surface area contributed by atoms with Crippen LogP contribution in [0.3, 0.4) is 0 Å². The molecule has 0 saturated heterocycles. The Bertz CT molecular complexity index is 817. The van der Waals surface area contributed by atoms with Crippen molar-refractivity contribution < 1.29 is 0 Å². The number of aromatic nitrogens is 1. The second-order valence-corrected chi connectivity index (χ2v) is 10.7. The molecule has 2 aromatic carbocycles. The van der Waals surface area contributed by atoms with E-state index in [4.69, 9.17) is 4.98 Å². The van der Waals surface area contributed by atoms with Crippen LogP contribution in [0.1, 0.15) is 5.56 Å². The van der Waals surface area contributed by atoms with Crippen LogP contribution in [0, 0.1) is 6.92 Å². The first-order chi connectivity index (χ1) is 10.9. The minimum Gasteiger partial charge on any atom is -0.255 e. The fraction of sp³-hybridized carbons (Fsp3) is 0.190. The van der Waals surface area contributed by atoms with E-state index in [1.165, 1.54) is 27.1 Å². The summed E-state index contributed by atoms with van der Waals surface area (Å²) in [6.07, 6.45) is 9.00. The first-order valence-electron chi connectivity index (χ1n) is 7.76. The minimum atomic E-state index is -0.746. The zero-order valence-electron chi connectivity index (χ0n) is 14.2. The maximum Gasteiger partial charge on any atom is 0.0705 e. The van der Waals surface area contributed by atoms with Gasteiger partial charge in [0, 0.05) is 16.7 Å². The molecule has 3 aromatic rings. The highest BCUT2D eigenvalue weighted by Gasteiger charge is 2.13. The molecule has 0 N–H and O–H groups in total. The molecular weight excluding hydrogens is 298 g/mol. The van der Waals surface area contributed by atoms with Crippen molar-refractivity contribution in [2.24, 2.45) is 0 Å². The first kappa shape index (κ1) is 15.8. The summed E-state index contributed by atoms with van der Waals surface area (Å²) < 4.78 is 0. The van der Waals surface area contributed by atoms with Gasteiger partial charge in [-0.25, -0.2) is 10.0 Å². The molecule has 0 bridgehead atoms. The summed E-state index contributed by atoms with van der Waals surface area (Å²) in [6, 6.07) is 21.3. The average molecular weight is 321 g/mol.